The Kier molecular flexibility index (Phi) is 10.3. The number of pyridine rings is 2. The lowest BCUT2D eigenvalue weighted by atomic mass is 10.0. The van der Waals surface area contributed by atoms with Gasteiger partial charge in [-0.25, -0.2) is 29.9 Å². The third kappa shape index (κ3) is 8.55. The summed E-state index contributed by atoms with van der Waals surface area (Å²) in [5, 5.41) is 3.39. The fourth-order valence-corrected chi connectivity index (χ4v) is 5.25. The molecule has 0 unspecified atom stereocenters. The van der Waals surface area contributed by atoms with Crippen LogP contribution in [-0.2, 0) is 0 Å². The van der Waals surface area contributed by atoms with Gasteiger partial charge in [-0.05, 0) is 77.4 Å². The number of ether oxygens (including phenoxy) is 2. The average Bonchev–Trinajstić information content (AvgIpc) is 3.78. The van der Waals surface area contributed by atoms with Crippen molar-refractivity contribution in [2.45, 2.75) is 52.6 Å². The number of nitrogens with one attached hydrogen (secondary N) is 1. The first kappa shape index (κ1) is 36.8. The van der Waals surface area contributed by atoms with Crippen LogP contribution >= 0.6 is 11.6 Å². The van der Waals surface area contributed by atoms with Gasteiger partial charge in [-0.1, -0.05) is 0 Å². The van der Waals surface area contributed by atoms with E-state index >= 15 is 0 Å². The number of rotatable bonds is 4. The van der Waals surface area contributed by atoms with Gasteiger partial charge in [-0.3, -0.25) is 0 Å². The molecule has 0 radical (unpaired) electrons. The molecule has 0 atom stereocenters. The standard InChI is InChI=1S/C18H21N7O.C9H12ClN3O.C9H10N4/c1-12-9-25(11-21-12)13-5-6-15(19-7-13)22-17-20-8-14-16(23-17)24(4)18(2,3)10-26-14;1-9(2)5-14-6-4-11-8(10)12-7(6)13(9)3;1-7-5-13(6-12-7)8-2-3-9(10)11-4-8/h5-9,11H,10H2,1-4H3,(H,19,20,22,23);4H,5H2,1-3H3;2-6H,1H3,(H2,10,11). The molecular weight excluding hydrogens is 696 g/mol. The number of nitrogens with two attached hydrogens (primary N) is 1. The number of nitrogen functional groups attached to an aromatic ring is 1. The molecule has 3 N–H and O–H groups in total. The molecule has 0 aliphatic carbocycles. The number of likely N-dealkylation sites (N-methyl/N-ethyl adjacent to an activating group) is 2. The highest BCUT2D eigenvalue weighted by Gasteiger charge is 2.34. The second-order valence-electron chi connectivity index (χ2n) is 13.8. The summed E-state index contributed by atoms with van der Waals surface area (Å²) in [5.74, 6) is 4.58. The van der Waals surface area contributed by atoms with Gasteiger partial charge in [0.1, 0.15) is 24.8 Å². The number of fused-ring (bicyclic) bond motifs is 2. The van der Waals surface area contributed by atoms with Crippen LogP contribution in [0.2, 0.25) is 5.28 Å². The fourth-order valence-electron chi connectivity index (χ4n) is 5.13. The van der Waals surface area contributed by atoms with Crippen LogP contribution in [0, 0.1) is 13.8 Å². The summed E-state index contributed by atoms with van der Waals surface area (Å²) in [4.78, 5) is 37.9. The van der Waals surface area contributed by atoms with Gasteiger partial charge >= 0.3 is 0 Å². The zero-order valence-electron chi connectivity index (χ0n) is 31.0. The molecule has 0 fully saturated rings. The Morgan fingerprint density at radius 3 is 1.70 bits per heavy atom. The largest absolute Gasteiger partial charge is 0.486 e. The van der Waals surface area contributed by atoms with E-state index in [1.807, 2.05) is 67.7 Å². The highest BCUT2D eigenvalue weighted by Crippen LogP contribution is 2.36. The molecule has 17 heteroatoms. The molecule has 0 bridgehead atoms. The maximum atomic E-state index is 5.76. The first-order valence-corrected chi connectivity index (χ1v) is 17.2. The monoisotopic (exact) mass is 738 g/mol. The summed E-state index contributed by atoms with van der Waals surface area (Å²) in [7, 11) is 3.99. The molecule has 0 saturated heterocycles. The summed E-state index contributed by atoms with van der Waals surface area (Å²) in [5.41, 5.74) is 9.14. The van der Waals surface area contributed by atoms with E-state index in [1.165, 1.54) is 0 Å². The van der Waals surface area contributed by atoms with E-state index in [-0.39, 0.29) is 16.4 Å². The Balaban J connectivity index is 0.000000150. The van der Waals surface area contributed by atoms with Gasteiger partial charge in [0.05, 0.1) is 71.3 Å². The third-order valence-electron chi connectivity index (χ3n) is 8.83. The van der Waals surface area contributed by atoms with Crippen LogP contribution in [0.5, 0.6) is 11.5 Å². The molecule has 0 saturated carbocycles. The van der Waals surface area contributed by atoms with Crippen molar-refractivity contribution >= 4 is 40.8 Å². The summed E-state index contributed by atoms with van der Waals surface area (Å²) in [6, 6.07) is 7.53. The van der Waals surface area contributed by atoms with Gasteiger partial charge < -0.3 is 39.5 Å². The van der Waals surface area contributed by atoms with Gasteiger partial charge in [0, 0.05) is 26.5 Å². The van der Waals surface area contributed by atoms with Crippen molar-refractivity contribution in [3.05, 3.63) is 90.8 Å². The predicted molar refractivity (Wildman–Crippen MR) is 205 cm³/mol. The van der Waals surface area contributed by atoms with E-state index < -0.39 is 0 Å². The first-order chi connectivity index (χ1) is 25.2. The molecule has 0 spiro atoms. The van der Waals surface area contributed by atoms with E-state index in [4.69, 9.17) is 26.8 Å². The molecule has 0 amide bonds. The molecule has 2 aliphatic heterocycles. The van der Waals surface area contributed by atoms with E-state index in [0.717, 1.165) is 34.4 Å². The summed E-state index contributed by atoms with van der Waals surface area (Å²) in [6.45, 7) is 13.5. The Hall–Kier alpha value is -6.03. The molecule has 6 aromatic heterocycles. The van der Waals surface area contributed by atoms with Crippen LogP contribution < -0.4 is 30.3 Å². The first-order valence-electron chi connectivity index (χ1n) is 16.8. The Morgan fingerprint density at radius 1 is 0.679 bits per heavy atom. The van der Waals surface area contributed by atoms with Crippen molar-refractivity contribution in [1.82, 2.24) is 49.0 Å². The zero-order chi connectivity index (χ0) is 37.9. The highest BCUT2D eigenvalue weighted by molar-refractivity contribution is 6.28. The number of aryl methyl sites for hydroxylation is 2. The quantitative estimate of drug-likeness (QED) is 0.213. The maximum absolute atomic E-state index is 5.76. The smallest absolute Gasteiger partial charge is 0.230 e. The van der Waals surface area contributed by atoms with Crippen molar-refractivity contribution < 1.29 is 9.47 Å². The number of hydrogen-bond donors (Lipinski definition) is 2. The van der Waals surface area contributed by atoms with Crippen molar-refractivity contribution in [3.8, 4) is 22.9 Å². The summed E-state index contributed by atoms with van der Waals surface area (Å²) < 4.78 is 15.1. The number of hydrogen-bond acceptors (Lipinski definition) is 14. The number of nitrogens with zero attached hydrogens (tertiary/aromatic N) is 12. The second-order valence-corrected chi connectivity index (χ2v) is 14.2. The Bertz CT molecular complexity index is 2170. The summed E-state index contributed by atoms with van der Waals surface area (Å²) >= 11 is 5.73. The minimum atomic E-state index is -0.124. The molecule has 53 heavy (non-hydrogen) atoms. The molecule has 2 aliphatic rings. The molecule has 276 valence electrons. The van der Waals surface area contributed by atoms with Crippen molar-refractivity contribution in [2.75, 3.05) is 48.2 Å². The van der Waals surface area contributed by atoms with Crippen LogP contribution in [0.15, 0.2) is 74.1 Å². The molecule has 8 rings (SSSR count). The molecule has 0 aromatic carbocycles. The normalized spacial score (nSPS) is 15.0. The lowest BCUT2D eigenvalue weighted by molar-refractivity contribution is 0.215. The average molecular weight is 739 g/mol. The van der Waals surface area contributed by atoms with Gasteiger partial charge in [-0.15, -0.1) is 0 Å². The van der Waals surface area contributed by atoms with Crippen LogP contribution in [0.3, 0.4) is 0 Å². The topological polar surface area (TPSA) is 176 Å². The van der Waals surface area contributed by atoms with E-state index in [2.05, 4.69) is 82.7 Å². The maximum Gasteiger partial charge on any atom is 0.230 e. The van der Waals surface area contributed by atoms with E-state index in [0.29, 0.717) is 42.3 Å². The van der Waals surface area contributed by atoms with Crippen molar-refractivity contribution in [3.63, 3.8) is 0 Å². The SMILES string of the molecule is CN1c2nc(Cl)ncc2OCC1(C)C.Cc1cn(-c2ccc(N)nc2)cn1.Cc1cn(-c2ccc(Nc3ncc4c(n3)N(C)C(C)(C)CO4)nc2)cn1. The van der Waals surface area contributed by atoms with Crippen LogP contribution in [0.25, 0.3) is 11.4 Å². The number of halogens is 1. The van der Waals surface area contributed by atoms with E-state index in [1.54, 1.807) is 43.5 Å². The Morgan fingerprint density at radius 2 is 1.21 bits per heavy atom. The van der Waals surface area contributed by atoms with Gasteiger partial charge in [0.25, 0.3) is 0 Å². The minimum Gasteiger partial charge on any atom is -0.486 e. The van der Waals surface area contributed by atoms with Crippen LogP contribution in [0.1, 0.15) is 39.1 Å². The zero-order valence-corrected chi connectivity index (χ0v) is 31.7. The highest BCUT2D eigenvalue weighted by atomic mass is 35.5. The van der Waals surface area contributed by atoms with Gasteiger partial charge in [0.2, 0.25) is 11.2 Å². The lowest BCUT2D eigenvalue weighted by Crippen LogP contribution is -2.49. The fraction of sp³-hybridized carbons (Fsp3) is 0.333. The van der Waals surface area contributed by atoms with Gasteiger partial charge in [0.15, 0.2) is 23.1 Å². The van der Waals surface area contributed by atoms with Crippen molar-refractivity contribution in [1.29, 1.82) is 0 Å². The predicted octanol–water partition coefficient (Wildman–Crippen LogP) is 5.61. The van der Waals surface area contributed by atoms with Gasteiger partial charge in [-0.2, -0.15) is 9.97 Å². The van der Waals surface area contributed by atoms with Crippen molar-refractivity contribution in [2.24, 2.45) is 0 Å². The molecule has 6 aromatic rings. The molecule has 8 heterocycles. The second kappa shape index (κ2) is 14.9. The minimum absolute atomic E-state index is 0.0648. The number of aromatic nitrogens is 10. The van der Waals surface area contributed by atoms with Crippen LogP contribution in [-0.4, -0.2) is 87.4 Å². The third-order valence-corrected chi connectivity index (χ3v) is 9.02. The summed E-state index contributed by atoms with van der Waals surface area (Å²) in [6.07, 6.45) is 14.2. The molecule has 16 nitrogen and oxygen atoms in total. The number of imidazole rings is 2. The van der Waals surface area contributed by atoms with E-state index in [9.17, 15) is 0 Å². The van der Waals surface area contributed by atoms with Crippen LogP contribution in [0.4, 0.5) is 29.2 Å². The lowest BCUT2D eigenvalue weighted by Gasteiger charge is -2.40. The molecular formula is C36H43ClN14O2. The Labute approximate surface area is 313 Å². The number of anilines is 5.